The molecule has 80 valence electrons. The van der Waals surface area contributed by atoms with Crippen LogP contribution in [0.25, 0.3) is 0 Å². The maximum atomic E-state index is 3.49. The van der Waals surface area contributed by atoms with Crippen LogP contribution in [0.15, 0.2) is 0 Å². The normalized spacial score (nSPS) is 16.2. The van der Waals surface area contributed by atoms with Crippen molar-refractivity contribution in [2.45, 2.75) is 59.4 Å². The summed E-state index contributed by atoms with van der Waals surface area (Å²) >= 11 is 0. The van der Waals surface area contributed by atoms with Crippen LogP contribution in [0.2, 0.25) is 0 Å². The second kappa shape index (κ2) is 7.37. The molecule has 0 aromatic carbocycles. The lowest BCUT2D eigenvalue weighted by Crippen LogP contribution is -2.38. The van der Waals surface area contributed by atoms with Crippen molar-refractivity contribution >= 4 is 0 Å². The molecule has 1 N–H and O–H groups in total. The number of nitrogens with one attached hydrogen (secondary N) is 1. The first-order valence-corrected chi connectivity index (χ1v) is 5.88. The summed E-state index contributed by atoms with van der Waals surface area (Å²) in [6.45, 7) is 9.26. The molecule has 0 aromatic rings. The van der Waals surface area contributed by atoms with Gasteiger partial charge in [0.05, 0.1) is 0 Å². The van der Waals surface area contributed by atoms with E-state index in [1.54, 1.807) is 0 Å². The van der Waals surface area contributed by atoms with Crippen LogP contribution in [0.1, 0.15) is 53.4 Å². The molecule has 0 rings (SSSR count). The Kier molecular flexibility index (Phi) is 7.35. The Balaban J connectivity index is 4.11. The second-order valence-electron chi connectivity index (χ2n) is 4.16. The lowest BCUT2D eigenvalue weighted by atomic mass is 9.84. The van der Waals surface area contributed by atoms with E-state index in [1.807, 2.05) is 0 Å². The summed E-state index contributed by atoms with van der Waals surface area (Å²) < 4.78 is 0. The quantitative estimate of drug-likeness (QED) is 0.640. The third-order valence-electron chi connectivity index (χ3n) is 3.25. The molecule has 0 spiro atoms. The average molecular weight is 185 g/mol. The predicted octanol–water partition coefficient (Wildman–Crippen LogP) is 3.45. The molecule has 1 nitrogen and oxygen atoms in total. The molecular formula is C12H27N. The van der Waals surface area contributed by atoms with E-state index in [4.69, 9.17) is 0 Å². The van der Waals surface area contributed by atoms with Gasteiger partial charge in [-0.05, 0) is 25.3 Å². The molecule has 13 heavy (non-hydrogen) atoms. The molecule has 2 atom stereocenters. The van der Waals surface area contributed by atoms with E-state index < -0.39 is 0 Å². The van der Waals surface area contributed by atoms with Gasteiger partial charge < -0.3 is 5.32 Å². The molecule has 0 saturated carbocycles. The molecular weight excluding hydrogens is 158 g/mol. The van der Waals surface area contributed by atoms with Crippen molar-refractivity contribution in [3.05, 3.63) is 0 Å². The van der Waals surface area contributed by atoms with Crippen molar-refractivity contribution in [1.29, 1.82) is 0 Å². The van der Waals surface area contributed by atoms with Gasteiger partial charge in [-0.25, -0.2) is 0 Å². The fourth-order valence-corrected chi connectivity index (χ4v) is 2.42. The van der Waals surface area contributed by atoms with Crippen molar-refractivity contribution in [2.24, 2.45) is 11.8 Å². The van der Waals surface area contributed by atoms with Gasteiger partial charge >= 0.3 is 0 Å². The number of rotatable bonds is 7. The fourth-order valence-electron chi connectivity index (χ4n) is 2.42. The van der Waals surface area contributed by atoms with Crippen LogP contribution in [0, 0.1) is 11.8 Å². The highest BCUT2D eigenvalue weighted by Gasteiger charge is 2.21. The first-order valence-electron chi connectivity index (χ1n) is 5.88. The molecule has 0 amide bonds. The van der Waals surface area contributed by atoms with E-state index >= 15 is 0 Å². The monoisotopic (exact) mass is 185 g/mol. The highest BCUT2D eigenvalue weighted by molar-refractivity contribution is 4.78. The first kappa shape index (κ1) is 13.0. The Morgan fingerprint density at radius 3 is 1.92 bits per heavy atom. The third kappa shape index (κ3) is 4.12. The lowest BCUT2D eigenvalue weighted by Gasteiger charge is -2.30. The van der Waals surface area contributed by atoms with Crippen LogP contribution in [-0.4, -0.2) is 13.1 Å². The van der Waals surface area contributed by atoms with E-state index in [2.05, 4.69) is 40.1 Å². The zero-order chi connectivity index (χ0) is 10.3. The van der Waals surface area contributed by atoms with Crippen LogP contribution in [-0.2, 0) is 0 Å². The molecule has 0 radical (unpaired) electrons. The van der Waals surface area contributed by atoms with Gasteiger partial charge in [0, 0.05) is 6.04 Å². The van der Waals surface area contributed by atoms with Crippen LogP contribution in [0.5, 0.6) is 0 Å². The third-order valence-corrected chi connectivity index (χ3v) is 3.25. The van der Waals surface area contributed by atoms with Crippen molar-refractivity contribution in [3.8, 4) is 0 Å². The van der Waals surface area contributed by atoms with Gasteiger partial charge in [0.1, 0.15) is 0 Å². The van der Waals surface area contributed by atoms with Gasteiger partial charge in [-0.1, -0.05) is 47.0 Å². The van der Waals surface area contributed by atoms with E-state index in [0.717, 1.165) is 17.9 Å². The van der Waals surface area contributed by atoms with Crippen molar-refractivity contribution < 1.29 is 0 Å². The van der Waals surface area contributed by atoms with Crippen molar-refractivity contribution in [1.82, 2.24) is 5.32 Å². The minimum atomic E-state index is 0.718. The van der Waals surface area contributed by atoms with Crippen molar-refractivity contribution in [2.75, 3.05) is 7.05 Å². The lowest BCUT2D eigenvalue weighted by molar-refractivity contribution is 0.258. The molecule has 2 unspecified atom stereocenters. The summed E-state index contributed by atoms with van der Waals surface area (Å²) in [6.07, 6.45) is 5.26. The standard InChI is InChI=1S/C12H27N/c1-6-9-10(4)12(13-5)11(7-2)8-3/h10-13H,6-9H2,1-5H3. The Morgan fingerprint density at radius 1 is 1.08 bits per heavy atom. The van der Waals surface area contributed by atoms with Gasteiger partial charge in [-0.2, -0.15) is 0 Å². The van der Waals surface area contributed by atoms with Crippen LogP contribution in [0.4, 0.5) is 0 Å². The number of hydrogen-bond donors (Lipinski definition) is 1. The summed E-state index contributed by atoms with van der Waals surface area (Å²) in [4.78, 5) is 0. The zero-order valence-electron chi connectivity index (χ0n) is 10.1. The predicted molar refractivity (Wildman–Crippen MR) is 61.0 cm³/mol. The summed E-state index contributed by atoms with van der Waals surface area (Å²) in [7, 11) is 2.11. The van der Waals surface area contributed by atoms with E-state index in [0.29, 0.717) is 0 Å². The molecule has 0 aliphatic carbocycles. The molecule has 0 fully saturated rings. The minimum absolute atomic E-state index is 0.718. The summed E-state index contributed by atoms with van der Waals surface area (Å²) in [6, 6.07) is 0.718. The molecule has 0 saturated heterocycles. The van der Waals surface area contributed by atoms with Gasteiger partial charge in [0.25, 0.3) is 0 Å². The molecule has 0 aliphatic heterocycles. The molecule has 0 heterocycles. The Hall–Kier alpha value is -0.0400. The minimum Gasteiger partial charge on any atom is -0.316 e. The molecule has 1 heteroatoms. The highest BCUT2D eigenvalue weighted by atomic mass is 14.9. The molecule has 0 aliphatic rings. The SMILES string of the molecule is CCCC(C)C(NC)C(CC)CC. The zero-order valence-corrected chi connectivity index (χ0v) is 10.1. The fraction of sp³-hybridized carbons (Fsp3) is 1.00. The molecule has 0 aromatic heterocycles. The molecule has 0 bridgehead atoms. The summed E-state index contributed by atoms with van der Waals surface area (Å²) in [5, 5.41) is 3.49. The largest absolute Gasteiger partial charge is 0.316 e. The average Bonchev–Trinajstić information content (AvgIpc) is 2.14. The number of hydrogen-bond acceptors (Lipinski definition) is 1. The smallest absolute Gasteiger partial charge is 0.0118 e. The maximum Gasteiger partial charge on any atom is 0.0118 e. The van der Waals surface area contributed by atoms with Crippen LogP contribution in [0.3, 0.4) is 0 Å². The first-order chi connectivity index (χ1) is 6.21. The Labute approximate surface area is 84.3 Å². The maximum absolute atomic E-state index is 3.49. The van der Waals surface area contributed by atoms with Gasteiger partial charge in [0.15, 0.2) is 0 Å². The van der Waals surface area contributed by atoms with Crippen LogP contribution >= 0.6 is 0 Å². The van der Waals surface area contributed by atoms with E-state index in [-0.39, 0.29) is 0 Å². The topological polar surface area (TPSA) is 12.0 Å². The van der Waals surface area contributed by atoms with Gasteiger partial charge in [0.2, 0.25) is 0 Å². The van der Waals surface area contributed by atoms with Gasteiger partial charge in [-0.15, -0.1) is 0 Å². The summed E-state index contributed by atoms with van der Waals surface area (Å²) in [5.41, 5.74) is 0. The highest BCUT2D eigenvalue weighted by Crippen LogP contribution is 2.22. The van der Waals surface area contributed by atoms with Crippen molar-refractivity contribution in [3.63, 3.8) is 0 Å². The Bertz CT molecular complexity index is 108. The van der Waals surface area contributed by atoms with Crippen LogP contribution < -0.4 is 5.32 Å². The van der Waals surface area contributed by atoms with E-state index in [9.17, 15) is 0 Å². The van der Waals surface area contributed by atoms with Gasteiger partial charge in [-0.3, -0.25) is 0 Å². The second-order valence-corrected chi connectivity index (χ2v) is 4.16. The Morgan fingerprint density at radius 2 is 1.62 bits per heavy atom. The summed E-state index contributed by atoms with van der Waals surface area (Å²) in [5.74, 6) is 1.67. The van der Waals surface area contributed by atoms with E-state index in [1.165, 1.54) is 25.7 Å².